The summed E-state index contributed by atoms with van der Waals surface area (Å²) in [6.07, 6.45) is -0.131. The van der Waals surface area contributed by atoms with Crippen LogP contribution >= 0.6 is 0 Å². The molecule has 0 saturated heterocycles. The maximum absolute atomic E-state index is 12.7. The van der Waals surface area contributed by atoms with Crippen LogP contribution in [0.3, 0.4) is 0 Å². The van der Waals surface area contributed by atoms with Gasteiger partial charge in [0, 0.05) is 0 Å². The minimum Gasteiger partial charge on any atom is -0.505 e. The number of carbonyl (C=O) groups is 1. The number of nitrogens with one attached hydrogen (secondary N) is 1. The molecule has 0 aromatic heterocycles. The van der Waals surface area contributed by atoms with Gasteiger partial charge in [-0.2, -0.15) is 0 Å². The van der Waals surface area contributed by atoms with Crippen molar-refractivity contribution in [3.63, 3.8) is 0 Å². The third-order valence-electron chi connectivity index (χ3n) is 1.50. The molecule has 0 aliphatic rings. The van der Waals surface area contributed by atoms with E-state index in [0.717, 1.165) is 12.1 Å². The Morgan fingerprint density at radius 2 is 2.23 bits per heavy atom. The highest BCUT2D eigenvalue weighted by Crippen LogP contribution is 2.16. The molecule has 3 N–H and O–H groups in total. The summed E-state index contributed by atoms with van der Waals surface area (Å²) < 4.78 is 12.7. The molecule has 0 radical (unpaired) electrons. The van der Waals surface area contributed by atoms with Crippen molar-refractivity contribution in [2.24, 2.45) is 0 Å². The van der Waals surface area contributed by atoms with E-state index in [0.29, 0.717) is 5.56 Å². The minimum atomic E-state index is -0.789. The van der Waals surface area contributed by atoms with Crippen LogP contribution in [0.5, 0.6) is 5.75 Å². The second kappa shape index (κ2) is 3.86. The minimum absolute atomic E-state index is 0.131. The molecular weight excluding hydrogens is 177 g/mol. The zero-order valence-electron chi connectivity index (χ0n) is 6.62. The van der Waals surface area contributed by atoms with E-state index < -0.39 is 17.5 Å². The number of aromatic hydroxyl groups is 1. The Labute approximate surface area is 73.6 Å². The van der Waals surface area contributed by atoms with Crippen LogP contribution in [0.2, 0.25) is 0 Å². The fraction of sp³-hybridized carbons (Fsp3) is 0.125. The Kier molecular flexibility index (Phi) is 2.81. The van der Waals surface area contributed by atoms with E-state index in [4.69, 9.17) is 10.3 Å². The highest BCUT2D eigenvalue weighted by Gasteiger charge is 2.05. The van der Waals surface area contributed by atoms with Crippen LogP contribution < -0.4 is 5.48 Å². The highest BCUT2D eigenvalue weighted by atomic mass is 19.1. The molecule has 0 saturated carbocycles. The molecule has 0 bridgehead atoms. The standard InChI is InChI=1S/C8H8FNO3/c9-6-3-5(1-2-7(6)11)4-8(12)10-13/h1-3,11,13H,4H2,(H,10,12). The summed E-state index contributed by atoms with van der Waals surface area (Å²) in [6.45, 7) is 0. The van der Waals surface area contributed by atoms with Gasteiger partial charge in [-0.3, -0.25) is 10.0 Å². The van der Waals surface area contributed by atoms with Gasteiger partial charge in [-0.1, -0.05) is 6.07 Å². The lowest BCUT2D eigenvalue weighted by Gasteiger charge is -2.00. The van der Waals surface area contributed by atoms with E-state index in [2.05, 4.69) is 0 Å². The zero-order chi connectivity index (χ0) is 9.84. The molecule has 0 spiro atoms. The van der Waals surface area contributed by atoms with Crippen molar-refractivity contribution in [3.8, 4) is 5.75 Å². The number of hydrogen-bond acceptors (Lipinski definition) is 3. The Bertz CT molecular complexity index is 327. The van der Waals surface area contributed by atoms with Crippen molar-refractivity contribution in [2.45, 2.75) is 6.42 Å². The number of amides is 1. The summed E-state index contributed by atoms with van der Waals surface area (Å²) in [4.78, 5) is 10.6. The van der Waals surface area contributed by atoms with Gasteiger partial charge in [-0.15, -0.1) is 0 Å². The Hall–Kier alpha value is -1.62. The smallest absolute Gasteiger partial charge is 0.247 e. The van der Waals surface area contributed by atoms with Gasteiger partial charge in [0.1, 0.15) is 0 Å². The summed E-state index contributed by atoms with van der Waals surface area (Å²) in [5, 5.41) is 17.0. The van der Waals surface area contributed by atoms with Crippen molar-refractivity contribution >= 4 is 5.91 Å². The molecule has 4 nitrogen and oxygen atoms in total. The van der Waals surface area contributed by atoms with Crippen molar-refractivity contribution in [2.75, 3.05) is 0 Å². The Morgan fingerprint density at radius 1 is 1.54 bits per heavy atom. The van der Waals surface area contributed by atoms with Crippen molar-refractivity contribution in [3.05, 3.63) is 29.6 Å². The molecule has 0 aliphatic carbocycles. The number of hydroxylamine groups is 1. The van der Waals surface area contributed by atoms with Crippen LogP contribution in [0.25, 0.3) is 0 Å². The number of halogens is 1. The molecule has 0 unspecified atom stereocenters. The SMILES string of the molecule is O=C(Cc1ccc(O)c(F)c1)NO. The van der Waals surface area contributed by atoms with Crippen LogP contribution in [0.15, 0.2) is 18.2 Å². The van der Waals surface area contributed by atoms with Gasteiger partial charge >= 0.3 is 0 Å². The van der Waals surface area contributed by atoms with Crippen LogP contribution in [-0.2, 0) is 11.2 Å². The van der Waals surface area contributed by atoms with E-state index >= 15 is 0 Å². The lowest BCUT2D eigenvalue weighted by atomic mass is 10.1. The first kappa shape index (κ1) is 9.47. The van der Waals surface area contributed by atoms with E-state index in [1.54, 1.807) is 0 Å². The number of phenolic OH excluding ortho intramolecular Hbond substituents is 1. The van der Waals surface area contributed by atoms with Crippen LogP contribution in [0, 0.1) is 5.82 Å². The van der Waals surface area contributed by atoms with Crippen LogP contribution in [0.4, 0.5) is 4.39 Å². The van der Waals surface area contributed by atoms with Crippen molar-refractivity contribution < 1.29 is 19.5 Å². The van der Waals surface area contributed by atoms with Gasteiger partial charge in [0.15, 0.2) is 11.6 Å². The first-order chi connectivity index (χ1) is 6.13. The largest absolute Gasteiger partial charge is 0.505 e. The molecule has 0 heterocycles. The van der Waals surface area contributed by atoms with Gasteiger partial charge in [0.05, 0.1) is 6.42 Å². The lowest BCUT2D eigenvalue weighted by molar-refractivity contribution is -0.128. The average molecular weight is 185 g/mol. The predicted octanol–water partition coefficient (Wildman–Crippen LogP) is 0.579. The zero-order valence-corrected chi connectivity index (χ0v) is 6.62. The fourth-order valence-electron chi connectivity index (χ4n) is 0.885. The summed E-state index contributed by atoms with van der Waals surface area (Å²) in [6, 6.07) is 3.58. The van der Waals surface area contributed by atoms with Gasteiger partial charge < -0.3 is 5.11 Å². The van der Waals surface area contributed by atoms with Gasteiger partial charge in [0.2, 0.25) is 5.91 Å². The first-order valence-electron chi connectivity index (χ1n) is 3.54. The lowest BCUT2D eigenvalue weighted by Crippen LogP contribution is -2.20. The maximum atomic E-state index is 12.7. The van der Waals surface area contributed by atoms with E-state index in [1.807, 2.05) is 0 Å². The second-order valence-corrected chi connectivity index (χ2v) is 2.50. The molecule has 1 aromatic rings. The second-order valence-electron chi connectivity index (χ2n) is 2.50. The summed E-state index contributed by atoms with van der Waals surface area (Å²) in [7, 11) is 0. The number of benzene rings is 1. The van der Waals surface area contributed by atoms with Crippen molar-refractivity contribution in [1.82, 2.24) is 5.48 Å². The molecule has 1 aromatic carbocycles. The van der Waals surface area contributed by atoms with Crippen molar-refractivity contribution in [1.29, 1.82) is 0 Å². The van der Waals surface area contributed by atoms with Gasteiger partial charge in [0.25, 0.3) is 0 Å². The number of carbonyl (C=O) groups excluding carboxylic acids is 1. The molecule has 5 heteroatoms. The number of phenols is 1. The molecule has 1 rings (SSSR count). The van der Waals surface area contributed by atoms with E-state index in [9.17, 15) is 9.18 Å². The fourth-order valence-corrected chi connectivity index (χ4v) is 0.885. The molecule has 13 heavy (non-hydrogen) atoms. The quantitative estimate of drug-likeness (QED) is 0.466. The van der Waals surface area contributed by atoms with E-state index in [1.165, 1.54) is 11.5 Å². The predicted molar refractivity (Wildman–Crippen MR) is 41.7 cm³/mol. The maximum Gasteiger partial charge on any atom is 0.247 e. The highest BCUT2D eigenvalue weighted by molar-refractivity contribution is 5.77. The number of hydrogen-bond donors (Lipinski definition) is 3. The molecule has 70 valence electrons. The average Bonchev–Trinajstić information content (AvgIpc) is 2.11. The molecule has 1 amide bonds. The molecule has 0 fully saturated rings. The topological polar surface area (TPSA) is 69.6 Å². The van der Waals surface area contributed by atoms with Gasteiger partial charge in [-0.05, 0) is 17.7 Å². The monoisotopic (exact) mass is 185 g/mol. The Balaban J connectivity index is 2.79. The summed E-state index contributed by atoms with van der Waals surface area (Å²) in [5.74, 6) is -1.89. The van der Waals surface area contributed by atoms with Crippen LogP contribution in [-0.4, -0.2) is 16.2 Å². The normalized spacial score (nSPS) is 9.69. The third-order valence-corrected chi connectivity index (χ3v) is 1.50. The first-order valence-corrected chi connectivity index (χ1v) is 3.54. The third kappa shape index (κ3) is 2.41. The van der Waals surface area contributed by atoms with Gasteiger partial charge in [-0.25, -0.2) is 9.87 Å². The van der Waals surface area contributed by atoms with E-state index in [-0.39, 0.29) is 6.42 Å². The summed E-state index contributed by atoms with van der Waals surface area (Å²) in [5.41, 5.74) is 1.80. The molecule has 0 aliphatic heterocycles. The summed E-state index contributed by atoms with van der Waals surface area (Å²) >= 11 is 0. The number of rotatable bonds is 2. The van der Waals surface area contributed by atoms with Crippen LogP contribution in [0.1, 0.15) is 5.56 Å². The molecular formula is C8H8FNO3. The Morgan fingerprint density at radius 3 is 2.77 bits per heavy atom. The molecule has 0 atom stereocenters.